The largest absolute Gasteiger partial charge is 0.481 e. The average molecular weight is 281 g/mol. The van der Waals surface area contributed by atoms with Gasteiger partial charge in [-0.3, -0.25) is 9.59 Å². The topological polar surface area (TPSA) is 66.4 Å². The fraction of sp³-hybridized carbons (Fsp3) is 0.875. The molecule has 0 spiro atoms. The molecule has 1 amide bonds. The molecule has 0 aromatic heterocycles. The molecule has 4 nitrogen and oxygen atoms in total. The van der Waals surface area contributed by atoms with Crippen LogP contribution in [0.15, 0.2) is 0 Å². The molecular weight excluding hydrogens is 254 g/mol. The summed E-state index contributed by atoms with van der Waals surface area (Å²) in [6.07, 6.45) is 6.39. The van der Waals surface area contributed by atoms with Crippen LogP contribution in [0.1, 0.15) is 58.8 Å². The van der Waals surface area contributed by atoms with Gasteiger partial charge in [0.1, 0.15) is 0 Å². The second-order valence-corrected chi connectivity index (χ2v) is 6.91. The van der Waals surface area contributed by atoms with Crippen LogP contribution in [0.5, 0.6) is 0 Å². The Morgan fingerprint density at radius 3 is 2.10 bits per heavy atom. The fourth-order valence-electron chi connectivity index (χ4n) is 3.70. The van der Waals surface area contributed by atoms with Gasteiger partial charge in [0.25, 0.3) is 0 Å². The van der Waals surface area contributed by atoms with E-state index in [4.69, 9.17) is 5.11 Å². The first-order valence-corrected chi connectivity index (χ1v) is 8.00. The van der Waals surface area contributed by atoms with Crippen molar-refractivity contribution in [1.29, 1.82) is 0 Å². The monoisotopic (exact) mass is 281 g/mol. The first kappa shape index (κ1) is 15.3. The smallest absolute Gasteiger partial charge is 0.306 e. The van der Waals surface area contributed by atoms with E-state index in [1.807, 2.05) is 0 Å². The number of carboxylic acid groups (broad SMARTS) is 1. The summed E-state index contributed by atoms with van der Waals surface area (Å²) in [5.41, 5.74) is 0. The summed E-state index contributed by atoms with van der Waals surface area (Å²) in [5, 5.41) is 12.1. The maximum absolute atomic E-state index is 12.2. The van der Waals surface area contributed by atoms with Crippen LogP contribution in [-0.4, -0.2) is 23.0 Å². The van der Waals surface area contributed by atoms with Crippen LogP contribution in [0.2, 0.25) is 0 Å². The number of rotatable bonds is 4. The number of hydrogen-bond acceptors (Lipinski definition) is 2. The van der Waals surface area contributed by atoms with Crippen molar-refractivity contribution in [3.05, 3.63) is 0 Å². The summed E-state index contributed by atoms with van der Waals surface area (Å²) in [6, 6.07) is 0.0754. The Balaban J connectivity index is 1.75. The second-order valence-electron chi connectivity index (χ2n) is 6.91. The first-order valence-electron chi connectivity index (χ1n) is 8.00. The van der Waals surface area contributed by atoms with Gasteiger partial charge in [-0.1, -0.05) is 13.8 Å². The van der Waals surface area contributed by atoms with Crippen LogP contribution in [0.25, 0.3) is 0 Å². The zero-order chi connectivity index (χ0) is 14.7. The molecule has 0 unspecified atom stereocenters. The zero-order valence-electron chi connectivity index (χ0n) is 12.6. The van der Waals surface area contributed by atoms with Crippen molar-refractivity contribution in [3.63, 3.8) is 0 Å². The van der Waals surface area contributed by atoms with Crippen LogP contribution in [-0.2, 0) is 9.59 Å². The number of aliphatic carboxylic acids is 1. The van der Waals surface area contributed by atoms with Gasteiger partial charge in [0.05, 0.1) is 5.92 Å². The molecule has 114 valence electrons. The number of carbonyl (C=O) groups excluding carboxylic acids is 1. The van der Waals surface area contributed by atoms with E-state index in [0.29, 0.717) is 18.8 Å². The van der Waals surface area contributed by atoms with Crippen LogP contribution in [0.3, 0.4) is 0 Å². The summed E-state index contributed by atoms with van der Waals surface area (Å²) in [6.45, 7) is 4.52. The van der Waals surface area contributed by atoms with Gasteiger partial charge in [0.2, 0.25) is 5.91 Å². The number of amides is 1. The summed E-state index contributed by atoms with van der Waals surface area (Å²) in [5.74, 6) is 0.792. The molecule has 20 heavy (non-hydrogen) atoms. The summed E-state index contributed by atoms with van der Waals surface area (Å²) < 4.78 is 0. The highest BCUT2D eigenvalue weighted by Crippen LogP contribution is 2.34. The van der Waals surface area contributed by atoms with Gasteiger partial charge in [0, 0.05) is 12.0 Å². The van der Waals surface area contributed by atoms with Crippen molar-refractivity contribution in [1.82, 2.24) is 5.32 Å². The fourth-order valence-corrected chi connectivity index (χ4v) is 3.70. The van der Waals surface area contributed by atoms with E-state index in [2.05, 4.69) is 19.2 Å². The van der Waals surface area contributed by atoms with Crippen LogP contribution >= 0.6 is 0 Å². The lowest BCUT2D eigenvalue weighted by Crippen LogP contribution is -2.39. The van der Waals surface area contributed by atoms with E-state index >= 15 is 0 Å². The van der Waals surface area contributed by atoms with Crippen molar-refractivity contribution in [3.8, 4) is 0 Å². The lowest BCUT2D eigenvalue weighted by atomic mass is 9.76. The normalized spacial score (nSPS) is 34.1. The molecule has 2 rings (SSSR count). The standard InChI is InChI=1S/C16H27NO3/c1-10(2)11-3-5-12(6-4-11)15(18)17-14-8-7-13(9-14)16(19)20/h10-14H,3-9H2,1-2H3,(H,17,18)(H,19,20)/t11?,12?,13-,14+/m0/s1. The Kier molecular flexibility index (Phi) is 5.06. The lowest BCUT2D eigenvalue weighted by Gasteiger charge is -2.30. The Hall–Kier alpha value is -1.06. The molecule has 4 heteroatoms. The maximum atomic E-state index is 12.2. The van der Waals surface area contributed by atoms with Crippen LogP contribution in [0.4, 0.5) is 0 Å². The van der Waals surface area contributed by atoms with Gasteiger partial charge in [-0.15, -0.1) is 0 Å². The Labute approximate surface area is 121 Å². The molecule has 2 aliphatic rings. The van der Waals surface area contributed by atoms with Gasteiger partial charge < -0.3 is 10.4 Å². The highest BCUT2D eigenvalue weighted by atomic mass is 16.4. The third-order valence-electron chi connectivity index (χ3n) is 5.21. The minimum atomic E-state index is -0.723. The van der Waals surface area contributed by atoms with E-state index in [-0.39, 0.29) is 23.8 Å². The second kappa shape index (κ2) is 6.59. The Bertz CT molecular complexity index is 359. The minimum Gasteiger partial charge on any atom is -0.481 e. The van der Waals surface area contributed by atoms with Gasteiger partial charge in [0.15, 0.2) is 0 Å². The SMILES string of the molecule is CC(C)C1CCC(C(=O)N[C@@H]2CC[C@H](C(=O)O)C2)CC1. The summed E-state index contributed by atoms with van der Waals surface area (Å²) >= 11 is 0. The first-order chi connectivity index (χ1) is 9.47. The molecule has 2 aliphatic carbocycles. The van der Waals surface area contributed by atoms with Gasteiger partial charge >= 0.3 is 5.97 Å². The van der Waals surface area contributed by atoms with Gasteiger partial charge in [-0.2, -0.15) is 0 Å². The summed E-state index contributed by atoms with van der Waals surface area (Å²) in [4.78, 5) is 23.2. The van der Waals surface area contributed by atoms with E-state index in [1.165, 1.54) is 0 Å². The molecule has 0 bridgehead atoms. The molecule has 0 aromatic rings. The van der Waals surface area contributed by atoms with E-state index in [1.54, 1.807) is 0 Å². The number of hydrogen-bond donors (Lipinski definition) is 2. The average Bonchev–Trinajstić information content (AvgIpc) is 2.87. The Morgan fingerprint density at radius 1 is 1.00 bits per heavy atom. The zero-order valence-corrected chi connectivity index (χ0v) is 12.6. The van der Waals surface area contributed by atoms with Gasteiger partial charge in [-0.05, 0) is 56.8 Å². The molecule has 0 saturated heterocycles. The third-order valence-corrected chi connectivity index (χ3v) is 5.21. The molecule has 2 fully saturated rings. The van der Waals surface area contributed by atoms with Crippen LogP contribution in [0, 0.1) is 23.7 Å². The summed E-state index contributed by atoms with van der Waals surface area (Å²) in [7, 11) is 0. The van der Waals surface area contributed by atoms with Crippen molar-refractivity contribution >= 4 is 11.9 Å². The highest BCUT2D eigenvalue weighted by molar-refractivity contribution is 5.79. The molecule has 0 aromatic carbocycles. The number of nitrogens with one attached hydrogen (secondary N) is 1. The number of carboxylic acids is 1. The minimum absolute atomic E-state index is 0.0754. The highest BCUT2D eigenvalue weighted by Gasteiger charge is 2.33. The number of carbonyl (C=O) groups is 2. The molecule has 2 saturated carbocycles. The molecule has 0 radical (unpaired) electrons. The van der Waals surface area contributed by atoms with Crippen LogP contribution < -0.4 is 5.32 Å². The molecule has 0 aliphatic heterocycles. The quantitative estimate of drug-likeness (QED) is 0.832. The van der Waals surface area contributed by atoms with Crippen molar-refractivity contribution in [2.24, 2.45) is 23.7 Å². The maximum Gasteiger partial charge on any atom is 0.306 e. The predicted octanol–water partition coefficient (Wildman–Crippen LogP) is 2.82. The van der Waals surface area contributed by atoms with Crippen molar-refractivity contribution < 1.29 is 14.7 Å². The van der Waals surface area contributed by atoms with E-state index < -0.39 is 5.97 Å². The van der Waals surface area contributed by atoms with Crippen molar-refractivity contribution in [2.75, 3.05) is 0 Å². The van der Waals surface area contributed by atoms with Gasteiger partial charge in [-0.25, -0.2) is 0 Å². The van der Waals surface area contributed by atoms with E-state index in [9.17, 15) is 9.59 Å². The molecule has 0 heterocycles. The van der Waals surface area contributed by atoms with Crippen molar-refractivity contribution in [2.45, 2.75) is 64.8 Å². The Morgan fingerprint density at radius 2 is 1.60 bits per heavy atom. The molecule has 2 N–H and O–H groups in total. The predicted molar refractivity (Wildman–Crippen MR) is 77.2 cm³/mol. The molecular formula is C16H27NO3. The van der Waals surface area contributed by atoms with E-state index in [0.717, 1.165) is 38.0 Å². The third kappa shape index (κ3) is 3.74. The lowest BCUT2D eigenvalue weighted by molar-refractivity contribution is -0.141. The molecule has 2 atom stereocenters.